The molecule has 0 aliphatic carbocycles. The van der Waals surface area contributed by atoms with Gasteiger partial charge in [0.25, 0.3) is 0 Å². The van der Waals surface area contributed by atoms with Crippen molar-refractivity contribution in [3.05, 3.63) is 47.5 Å². The second kappa shape index (κ2) is 5.21. The number of hydrogen-bond donors (Lipinski definition) is 2. The first-order valence-electron chi connectivity index (χ1n) is 6.12. The monoisotopic (exact) mass is 234 g/mol. The summed E-state index contributed by atoms with van der Waals surface area (Å²) in [5.74, 6) is 1.63. The number of benzene rings is 1. The maximum absolute atomic E-state index is 12.8. The average molecular weight is 234 g/mol. The van der Waals surface area contributed by atoms with Crippen LogP contribution in [0.4, 0.5) is 4.39 Å². The van der Waals surface area contributed by atoms with Crippen LogP contribution in [0.5, 0.6) is 0 Å². The lowest BCUT2D eigenvalue weighted by Crippen LogP contribution is -2.16. The van der Waals surface area contributed by atoms with E-state index in [0.717, 1.165) is 25.2 Å². The third-order valence-corrected chi connectivity index (χ3v) is 3.39. The molecule has 0 amide bonds. The molecule has 0 aromatic heterocycles. The van der Waals surface area contributed by atoms with Crippen LogP contribution < -0.4 is 11.1 Å². The molecule has 1 aromatic rings. The van der Waals surface area contributed by atoms with E-state index in [-0.39, 0.29) is 5.82 Å². The van der Waals surface area contributed by atoms with Gasteiger partial charge in [-0.25, -0.2) is 4.39 Å². The molecule has 0 bridgehead atoms. The van der Waals surface area contributed by atoms with Crippen LogP contribution in [-0.2, 0) is 0 Å². The van der Waals surface area contributed by atoms with Crippen LogP contribution in [0.3, 0.4) is 0 Å². The summed E-state index contributed by atoms with van der Waals surface area (Å²) in [6.07, 6.45) is 4.31. The molecule has 2 nitrogen and oxygen atoms in total. The Hall–Kier alpha value is -1.51. The van der Waals surface area contributed by atoms with Crippen molar-refractivity contribution in [3.63, 3.8) is 0 Å². The van der Waals surface area contributed by atoms with Crippen LogP contribution in [0.25, 0.3) is 0 Å². The molecule has 2 rings (SSSR count). The van der Waals surface area contributed by atoms with E-state index >= 15 is 0 Å². The molecule has 0 radical (unpaired) electrons. The summed E-state index contributed by atoms with van der Waals surface area (Å²) in [6, 6.07) is 6.80. The summed E-state index contributed by atoms with van der Waals surface area (Å²) < 4.78 is 12.8. The first-order chi connectivity index (χ1) is 8.15. The Balaban J connectivity index is 1.85. The van der Waals surface area contributed by atoms with E-state index in [0.29, 0.717) is 11.8 Å². The second-order valence-electron chi connectivity index (χ2n) is 4.79. The van der Waals surface area contributed by atoms with Gasteiger partial charge in [-0.05, 0) is 48.4 Å². The predicted octanol–water partition coefficient (Wildman–Crippen LogP) is 2.73. The number of nitrogens with one attached hydrogen (secondary N) is 1. The molecule has 3 heteroatoms. The van der Waals surface area contributed by atoms with Gasteiger partial charge in [0.15, 0.2) is 0 Å². The SMILES string of the molecule is C[C@H](CC[C@H]1C=C(N)NC1)c1ccc(F)cc1. The molecule has 2 atom stereocenters. The Morgan fingerprint density at radius 3 is 2.71 bits per heavy atom. The van der Waals surface area contributed by atoms with Crippen molar-refractivity contribution in [3.8, 4) is 0 Å². The fraction of sp³-hybridized carbons (Fsp3) is 0.429. The molecule has 3 N–H and O–H groups in total. The van der Waals surface area contributed by atoms with Crippen molar-refractivity contribution in [1.29, 1.82) is 0 Å². The first kappa shape index (κ1) is 12.0. The molecule has 0 saturated carbocycles. The summed E-state index contributed by atoms with van der Waals surface area (Å²) in [5.41, 5.74) is 6.87. The van der Waals surface area contributed by atoms with E-state index in [9.17, 15) is 4.39 Å². The minimum atomic E-state index is -0.170. The van der Waals surface area contributed by atoms with Gasteiger partial charge in [-0.3, -0.25) is 0 Å². The van der Waals surface area contributed by atoms with Gasteiger partial charge in [-0.2, -0.15) is 0 Å². The van der Waals surface area contributed by atoms with Crippen molar-refractivity contribution < 1.29 is 4.39 Å². The van der Waals surface area contributed by atoms with Crippen molar-refractivity contribution in [2.75, 3.05) is 6.54 Å². The molecular weight excluding hydrogens is 215 g/mol. The molecule has 0 spiro atoms. The molecule has 0 unspecified atom stereocenters. The molecule has 1 aliphatic rings. The molecule has 0 fully saturated rings. The summed E-state index contributed by atoms with van der Waals surface area (Å²) in [4.78, 5) is 0. The summed E-state index contributed by atoms with van der Waals surface area (Å²) in [6.45, 7) is 3.13. The van der Waals surface area contributed by atoms with Crippen LogP contribution in [0.2, 0.25) is 0 Å². The summed E-state index contributed by atoms with van der Waals surface area (Å²) >= 11 is 0. The lowest BCUT2D eigenvalue weighted by Gasteiger charge is -2.13. The van der Waals surface area contributed by atoms with Gasteiger partial charge >= 0.3 is 0 Å². The molecule has 0 saturated heterocycles. The average Bonchev–Trinajstić information content (AvgIpc) is 2.73. The third-order valence-electron chi connectivity index (χ3n) is 3.39. The first-order valence-corrected chi connectivity index (χ1v) is 6.12. The van der Waals surface area contributed by atoms with Crippen LogP contribution in [0.15, 0.2) is 36.2 Å². The number of hydrogen-bond acceptors (Lipinski definition) is 2. The van der Waals surface area contributed by atoms with Gasteiger partial charge in [0.2, 0.25) is 0 Å². The van der Waals surface area contributed by atoms with E-state index in [1.807, 2.05) is 12.1 Å². The zero-order chi connectivity index (χ0) is 12.3. The minimum absolute atomic E-state index is 0.170. The Morgan fingerprint density at radius 1 is 1.41 bits per heavy atom. The Morgan fingerprint density at radius 2 is 2.12 bits per heavy atom. The van der Waals surface area contributed by atoms with Crippen LogP contribution in [0.1, 0.15) is 31.2 Å². The van der Waals surface area contributed by atoms with Gasteiger partial charge in [0.05, 0.1) is 5.82 Å². The number of rotatable bonds is 4. The predicted molar refractivity (Wildman–Crippen MR) is 67.8 cm³/mol. The molecular formula is C14H19FN2. The zero-order valence-corrected chi connectivity index (χ0v) is 10.1. The maximum atomic E-state index is 12.8. The van der Waals surface area contributed by atoms with Crippen molar-refractivity contribution in [1.82, 2.24) is 5.32 Å². The van der Waals surface area contributed by atoms with Gasteiger partial charge in [0, 0.05) is 6.54 Å². The minimum Gasteiger partial charge on any atom is -0.386 e. The van der Waals surface area contributed by atoms with E-state index in [1.54, 1.807) is 0 Å². The highest BCUT2D eigenvalue weighted by Gasteiger charge is 2.14. The fourth-order valence-corrected chi connectivity index (χ4v) is 2.23. The van der Waals surface area contributed by atoms with Crippen molar-refractivity contribution in [2.24, 2.45) is 11.7 Å². The molecule has 1 heterocycles. The smallest absolute Gasteiger partial charge is 0.123 e. The van der Waals surface area contributed by atoms with Crippen molar-refractivity contribution >= 4 is 0 Å². The summed E-state index contributed by atoms with van der Waals surface area (Å²) in [5, 5.41) is 3.13. The quantitative estimate of drug-likeness (QED) is 0.840. The Bertz CT molecular complexity index is 397. The van der Waals surface area contributed by atoms with E-state index in [2.05, 4.69) is 18.3 Å². The normalized spacial score (nSPS) is 20.8. The van der Waals surface area contributed by atoms with Gasteiger partial charge in [0.1, 0.15) is 5.82 Å². The Kier molecular flexibility index (Phi) is 3.67. The van der Waals surface area contributed by atoms with Crippen molar-refractivity contribution in [2.45, 2.75) is 25.7 Å². The largest absolute Gasteiger partial charge is 0.386 e. The van der Waals surface area contributed by atoms with Gasteiger partial charge in [-0.15, -0.1) is 0 Å². The zero-order valence-electron chi connectivity index (χ0n) is 10.1. The fourth-order valence-electron chi connectivity index (χ4n) is 2.23. The standard InChI is InChI=1S/C14H19FN2/c1-10(12-4-6-13(15)7-5-12)2-3-11-8-14(16)17-9-11/h4-8,10-11,17H,2-3,9,16H2,1H3/t10-,11+/m1/s1. The van der Waals surface area contributed by atoms with Gasteiger partial charge < -0.3 is 11.1 Å². The molecule has 1 aromatic carbocycles. The highest BCUT2D eigenvalue weighted by Crippen LogP contribution is 2.24. The highest BCUT2D eigenvalue weighted by atomic mass is 19.1. The van der Waals surface area contributed by atoms with E-state index in [1.165, 1.54) is 17.7 Å². The highest BCUT2D eigenvalue weighted by molar-refractivity contribution is 5.19. The maximum Gasteiger partial charge on any atom is 0.123 e. The summed E-state index contributed by atoms with van der Waals surface area (Å²) in [7, 11) is 0. The second-order valence-corrected chi connectivity index (χ2v) is 4.79. The van der Waals surface area contributed by atoms with Crippen LogP contribution in [0, 0.1) is 11.7 Å². The lowest BCUT2D eigenvalue weighted by molar-refractivity contribution is 0.528. The number of halogens is 1. The topological polar surface area (TPSA) is 38.0 Å². The molecule has 92 valence electrons. The lowest BCUT2D eigenvalue weighted by atomic mass is 9.92. The van der Waals surface area contributed by atoms with Gasteiger partial charge in [-0.1, -0.05) is 19.1 Å². The van der Waals surface area contributed by atoms with Crippen LogP contribution in [-0.4, -0.2) is 6.54 Å². The van der Waals surface area contributed by atoms with E-state index in [4.69, 9.17) is 5.73 Å². The third kappa shape index (κ3) is 3.22. The molecule has 1 aliphatic heterocycles. The van der Waals surface area contributed by atoms with E-state index < -0.39 is 0 Å². The number of nitrogens with two attached hydrogens (primary N) is 1. The van der Waals surface area contributed by atoms with Crippen LogP contribution >= 0.6 is 0 Å². The Labute approximate surface area is 102 Å². The molecule has 17 heavy (non-hydrogen) atoms.